The van der Waals surface area contributed by atoms with Crippen LogP contribution in [0, 0.1) is 23.7 Å². The molecule has 3 fully saturated rings. The molecule has 0 radical (unpaired) electrons. The second kappa shape index (κ2) is 5.07. The van der Waals surface area contributed by atoms with Crippen molar-refractivity contribution in [2.75, 3.05) is 0 Å². The summed E-state index contributed by atoms with van der Waals surface area (Å²) in [4.78, 5) is 35.5. The van der Waals surface area contributed by atoms with Crippen LogP contribution >= 0.6 is 0 Å². The quantitative estimate of drug-likeness (QED) is 0.420. The molecular formula is C17H20O5. The van der Waals surface area contributed by atoms with Gasteiger partial charge in [-0.2, -0.15) is 0 Å². The van der Waals surface area contributed by atoms with Gasteiger partial charge < -0.3 is 9.47 Å². The van der Waals surface area contributed by atoms with Gasteiger partial charge in [-0.1, -0.05) is 25.7 Å². The number of hydrogen-bond acceptors (Lipinski definition) is 5. The molecule has 2 aliphatic carbocycles. The number of ketones is 1. The second-order valence-electron chi connectivity index (χ2n) is 6.57. The van der Waals surface area contributed by atoms with Gasteiger partial charge in [0, 0.05) is 37.2 Å². The molecule has 5 nitrogen and oxygen atoms in total. The van der Waals surface area contributed by atoms with E-state index in [4.69, 9.17) is 9.47 Å². The molecule has 2 saturated carbocycles. The van der Waals surface area contributed by atoms with Crippen LogP contribution in [-0.4, -0.2) is 29.9 Å². The van der Waals surface area contributed by atoms with Crippen molar-refractivity contribution < 1.29 is 23.9 Å². The van der Waals surface area contributed by atoms with Crippen LogP contribution in [0.25, 0.3) is 0 Å². The lowest BCUT2D eigenvalue weighted by molar-refractivity contribution is -0.151. The van der Waals surface area contributed by atoms with Crippen molar-refractivity contribution in [1.29, 1.82) is 0 Å². The molecule has 1 heterocycles. The van der Waals surface area contributed by atoms with Gasteiger partial charge in [-0.3, -0.25) is 9.59 Å². The number of fused-ring (bicyclic) bond motifs is 3. The Kier molecular flexibility index (Phi) is 3.46. The van der Waals surface area contributed by atoms with Gasteiger partial charge in [-0.15, -0.1) is 0 Å². The zero-order valence-electron chi connectivity index (χ0n) is 12.8. The van der Waals surface area contributed by atoms with Crippen molar-refractivity contribution in [2.45, 2.75) is 38.9 Å². The van der Waals surface area contributed by atoms with Gasteiger partial charge >= 0.3 is 11.9 Å². The first-order chi connectivity index (χ1) is 10.3. The van der Waals surface area contributed by atoms with Crippen LogP contribution in [0.2, 0.25) is 0 Å². The Morgan fingerprint density at radius 1 is 1.27 bits per heavy atom. The van der Waals surface area contributed by atoms with Gasteiger partial charge in [0.15, 0.2) is 0 Å². The zero-order valence-corrected chi connectivity index (χ0v) is 12.8. The number of hydrogen-bond donors (Lipinski definition) is 0. The summed E-state index contributed by atoms with van der Waals surface area (Å²) in [5.41, 5.74) is 1.23. The average Bonchev–Trinajstić information content (AvgIpc) is 2.83. The first-order valence-corrected chi connectivity index (χ1v) is 7.58. The maximum Gasteiger partial charge on any atom is 0.334 e. The van der Waals surface area contributed by atoms with Crippen molar-refractivity contribution in [3.8, 4) is 0 Å². The van der Waals surface area contributed by atoms with Crippen LogP contribution in [0.4, 0.5) is 0 Å². The van der Waals surface area contributed by atoms with Gasteiger partial charge in [0.05, 0.1) is 5.92 Å². The number of carbonyl (C=O) groups is 3. The largest absolute Gasteiger partial charge is 0.461 e. The molecule has 0 aromatic rings. The van der Waals surface area contributed by atoms with Crippen molar-refractivity contribution >= 4 is 17.7 Å². The SMILES string of the molecule is C=C1C(=O)O[C@H]2C1[C@@H](OC(C)=O)CC(=C)[C@@H]1CC(=O)[C@@H](C)[C@@H]12. The van der Waals surface area contributed by atoms with Crippen LogP contribution in [0.3, 0.4) is 0 Å². The lowest BCUT2D eigenvalue weighted by atomic mass is 9.79. The number of esters is 2. The van der Waals surface area contributed by atoms with Crippen molar-refractivity contribution in [3.05, 3.63) is 24.3 Å². The highest BCUT2D eigenvalue weighted by Crippen LogP contribution is 2.51. The van der Waals surface area contributed by atoms with E-state index in [1.807, 2.05) is 6.92 Å². The molecule has 6 atom stereocenters. The maximum atomic E-state index is 12.1. The molecule has 118 valence electrons. The minimum atomic E-state index is -0.498. The van der Waals surface area contributed by atoms with Crippen LogP contribution < -0.4 is 0 Å². The summed E-state index contributed by atoms with van der Waals surface area (Å²) in [6.45, 7) is 11.1. The van der Waals surface area contributed by atoms with Gasteiger partial charge in [-0.25, -0.2) is 4.79 Å². The predicted octanol–water partition coefficient (Wildman–Crippen LogP) is 1.82. The number of Topliss-reactive ketones (excluding diaryl/α,β-unsaturated/α-hetero) is 1. The summed E-state index contributed by atoms with van der Waals surface area (Å²) >= 11 is 0. The standard InChI is InChI=1S/C17H20O5/c1-7-5-13(21-10(4)18)15-9(3)17(20)22-16(15)14-8(2)12(19)6-11(7)14/h8,11,13-16H,1,3,5-6H2,2,4H3/t8-,11+,13+,14+,15?,16-/m1/s1. The summed E-state index contributed by atoms with van der Waals surface area (Å²) in [6.07, 6.45) is -0.0978. The van der Waals surface area contributed by atoms with Gasteiger partial charge in [0.1, 0.15) is 18.0 Å². The monoisotopic (exact) mass is 304 g/mol. The first-order valence-electron chi connectivity index (χ1n) is 7.58. The van der Waals surface area contributed by atoms with E-state index in [9.17, 15) is 14.4 Å². The molecule has 0 spiro atoms. The third-order valence-electron chi connectivity index (χ3n) is 5.32. The highest BCUT2D eigenvalue weighted by Gasteiger charge is 2.57. The van der Waals surface area contributed by atoms with Gasteiger partial charge in [-0.05, 0) is 5.92 Å². The molecule has 0 bridgehead atoms. The van der Waals surface area contributed by atoms with Crippen LogP contribution in [0.1, 0.15) is 26.7 Å². The fourth-order valence-electron chi connectivity index (χ4n) is 4.26. The molecule has 1 aliphatic heterocycles. The number of carbonyl (C=O) groups excluding carboxylic acids is 3. The fraction of sp³-hybridized carbons (Fsp3) is 0.588. The van der Waals surface area contributed by atoms with Gasteiger partial charge in [0.25, 0.3) is 0 Å². The lowest BCUT2D eigenvalue weighted by Gasteiger charge is -2.29. The zero-order chi connectivity index (χ0) is 16.2. The second-order valence-corrected chi connectivity index (χ2v) is 6.57. The summed E-state index contributed by atoms with van der Waals surface area (Å²) in [6, 6.07) is 0. The van der Waals surface area contributed by atoms with E-state index in [1.165, 1.54) is 6.92 Å². The van der Waals surface area contributed by atoms with E-state index in [-0.39, 0.29) is 23.5 Å². The van der Waals surface area contributed by atoms with E-state index in [0.29, 0.717) is 18.4 Å². The maximum absolute atomic E-state index is 12.1. The van der Waals surface area contributed by atoms with Crippen molar-refractivity contribution in [1.82, 2.24) is 0 Å². The van der Waals surface area contributed by atoms with E-state index in [0.717, 1.165) is 5.57 Å². The molecule has 1 saturated heterocycles. The van der Waals surface area contributed by atoms with Crippen LogP contribution in [0.5, 0.6) is 0 Å². The topological polar surface area (TPSA) is 69.7 Å². The molecule has 0 amide bonds. The average molecular weight is 304 g/mol. The molecule has 0 aromatic carbocycles. The molecule has 3 rings (SSSR count). The summed E-state index contributed by atoms with van der Waals surface area (Å²) in [7, 11) is 0. The highest BCUT2D eigenvalue weighted by molar-refractivity contribution is 5.92. The fourth-order valence-corrected chi connectivity index (χ4v) is 4.26. The Morgan fingerprint density at radius 2 is 1.95 bits per heavy atom. The molecular weight excluding hydrogens is 284 g/mol. The van der Waals surface area contributed by atoms with E-state index in [2.05, 4.69) is 13.2 Å². The Hall–Kier alpha value is -1.91. The van der Waals surface area contributed by atoms with Gasteiger partial charge in [0.2, 0.25) is 0 Å². The van der Waals surface area contributed by atoms with Crippen LogP contribution in [0.15, 0.2) is 24.3 Å². The van der Waals surface area contributed by atoms with Crippen molar-refractivity contribution in [3.63, 3.8) is 0 Å². The summed E-state index contributed by atoms with van der Waals surface area (Å²) in [5.74, 6) is -1.39. The normalized spacial score (nSPS) is 40.8. The summed E-state index contributed by atoms with van der Waals surface area (Å²) < 4.78 is 11.0. The minimum Gasteiger partial charge on any atom is -0.461 e. The molecule has 1 unspecified atom stereocenters. The Bertz CT molecular complexity index is 590. The molecule has 0 N–H and O–H groups in total. The molecule has 22 heavy (non-hydrogen) atoms. The Labute approximate surface area is 129 Å². The third-order valence-corrected chi connectivity index (χ3v) is 5.32. The van der Waals surface area contributed by atoms with E-state index < -0.39 is 30.1 Å². The molecule has 5 heteroatoms. The number of ether oxygens (including phenoxy) is 2. The first kappa shape index (κ1) is 15.0. The predicted molar refractivity (Wildman–Crippen MR) is 77.6 cm³/mol. The highest BCUT2D eigenvalue weighted by atomic mass is 16.6. The van der Waals surface area contributed by atoms with E-state index >= 15 is 0 Å². The van der Waals surface area contributed by atoms with E-state index in [1.54, 1.807) is 0 Å². The van der Waals surface area contributed by atoms with Crippen LogP contribution in [-0.2, 0) is 23.9 Å². The Balaban J connectivity index is 2.03. The minimum absolute atomic E-state index is 0.0192. The Morgan fingerprint density at radius 3 is 2.59 bits per heavy atom. The molecule has 0 aromatic heterocycles. The van der Waals surface area contributed by atoms with Crippen molar-refractivity contribution in [2.24, 2.45) is 23.7 Å². The summed E-state index contributed by atoms with van der Waals surface area (Å²) in [5, 5.41) is 0. The molecule has 3 aliphatic rings. The lowest BCUT2D eigenvalue weighted by Crippen LogP contribution is -2.37. The smallest absolute Gasteiger partial charge is 0.334 e. The number of rotatable bonds is 1. The third kappa shape index (κ3) is 2.11.